The lowest BCUT2D eigenvalue weighted by molar-refractivity contribution is -0.117. The van der Waals surface area contributed by atoms with E-state index in [1.165, 1.54) is 12.8 Å². The quantitative estimate of drug-likeness (QED) is 0.514. The minimum absolute atomic E-state index is 0. The summed E-state index contributed by atoms with van der Waals surface area (Å²) in [6.45, 7) is 7.10. The first-order chi connectivity index (χ1) is 13.5. The number of rotatable bonds is 8. The molecule has 8 heteroatoms. The van der Waals surface area contributed by atoms with Gasteiger partial charge in [-0.15, -0.1) is 24.8 Å². The number of amides is 1. The predicted molar refractivity (Wildman–Crippen MR) is 132 cm³/mol. The molecule has 1 saturated heterocycles. The Balaban J connectivity index is 0.00000225. The second kappa shape index (κ2) is 13.4. The number of nitrogens with one attached hydrogen (secondary N) is 1. The molecule has 0 bridgehead atoms. The van der Waals surface area contributed by atoms with Gasteiger partial charge in [-0.1, -0.05) is 47.5 Å². The molecule has 0 unspecified atom stereocenters. The van der Waals surface area contributed by atoms with E-state index in [1.54, 1.807) is 6.07 Å². The first-order valence-electron chi connectivity index (χ1n) is 9.75. The fourth-order valence-corrected chi connectivity index (χ4v) is 3.92. The molecule has 30 heavy (non-hydrogen) atoms. The molecule has 4 nitrogen and oxygen atoms in total. The number of hydrogen-bond acceptors (Lipinski definition) is 3. The van der Waals surface area contributed by atoms with Gasteiger partial charge in [-0.2, -0.15) is 0 Å². The molecule has 1 aliphatic heterocycles. The average Bonchev–Trinajstić information content (AvgIpc) is 3.18. The van der Waals surface area contributed by atoms with Crippen LogP contribution in [-0.2, 0) is 11.3 Å². The third-order valence-corrected chi connectivity index (χ3v) is 5.67. The minimum atomic E-state index is -0.0495. The molecular weight excluding hydrogens is 464 g/mol. The van der Waals surface area contributed by atoms with Gasteiger partial charge in [0.05, 0.1) is 17.3 Å². The van der Waals surface area contributed by atoms with Crippen LogP contribution in [0.5, 0.6) is 0 Å². The average molecular weight is 493 g/mol. The molecule has 0 aromatic heterocycles. The number of likely N-dealkylation sites (tertiary alicyclic amines) is 1. The fraction of sp³-hybridized carbons (Fsp3) is 0.409. The largest absolute Gasteiger partial charge is 0.323 e. The van der Waals surface area contributed by atoms with Crippen LogP contribution in [0, 0.1) is 6.92 Å². The molecule has 0 aliphatic carbocycles. The topological polar surface area (TPSA) is 35.6 Å². The van der Waals surface area contributed by atoms with E-state index in [-0.39, 0.29) is 30.7 Å². The van der Waals surface area contributed by atoms with Gasteiger partial charge < -0.3 is 10.2 Å². The molecule has 166 valence electrons. The van der Waals surface area contributed by atoms with Crippen molar-refractivity contribution in [3.05, 3.63) is 63.6 Å². The van der Waals surface area contributed by atoms with Crippen molar-refractivity contribution in [2.45, 2.75) is 26.3 Å². The van der Waals surface area contributed by atoms with Crippen molar-refractivity contribution in [2.75, 3.05) is 38.0 Å². The smallest absolute Gasteiger partial charge is 0.238 e. The highest BCUT2D eigenvalue weighted by molar-refractivity contribution is 6.34. The zero-order valence-electron chi connectivity index (χ0n) is 17.1. The van der Waals surface area contributed by atoms with Gasteiger partial charge in [-0.25, -0.2) is 0 Å². The lowest BCUT2D eigenvalue weighted by atomic mass is 10.2. The zero-order valence-corrected chi connectivity index (χ0v) is 20.2. The van der Waals surface area contributed by atoms with Gasteiger partial charge in [0.25, 0.3) is 0 Å². The van der Waals surface area contributed by atoms with Gasteiger partial charge in [-0.05, 0) is 62.2 Å². The number of aryl methyl sites for hydroxylation is 1. The molecule has 1 fully saturated rings. The molecule has 2 aromatic carbocycles. The number of anilines is 1. The van der Waals surface area contributed by atoms with Gasteiger partial charge >= 0.3 is 0 Å². The summed E-state index contributed by atoms with van der Waals surface area (Å²) in [6, 6.07) is 13.4. The van der Waals surface area contributed by atoms with Crippen molar-refractivity contribution in [2.24, 2.45) is 0 Å². The SMILES string of the molecule is Cc1cccc(Cl)c1NC(=O)CN(CCN1CCCC1)Cc1ccc(Cl)cc1.Cl.Cl. The molecule has 0 spiro atoms. The van der Waals surface area contributed by atoms with Gasteiger partial charge in [-0.3, -0.25) is 9.69 Å². The summed E-state index contributed by atoms with van der Waals surface area (Å²) in [5.74, 6) is -0.0495. The number of halogens is 4. The van der Waals surface area contributed by atoms with Crippen LogP contribution >= 0.6 is 48.0 Å². The van der Waals surface area contributed by atoms with Crippen molar-refractivity contribution in [3.8, 4) is 0 Å². The Labute approximate surface area is 201 Å². The first-order valence-corrected chi connectivity index (χ1v) is 10.5. The maximum Gasteiger partial charge on any atom is 0.238 e. The summed E-state index contributed by atoms with van der Waals surface area (Å²) >= 11 is 12.3. The number of nitrogens with zero attached hydrogens (tertiary/aromatic N) is 2. The van der Waals surface area contributed by atoms with Crippen LogP contribution in [0.15, 0.2) is 42.5 Å². The third-order valence-electron chi connectivity index (χ3n) is 5.10. The number of para-hydroxylation sites is 1. The summed E-state index contributed by atoms with van der Waals surface area (Å²) in [6.07, 6.45) is 2.53. The van der Waals surface area contributed by atoms with Gasteiger partial charge in [0.1, 0.15) is 0 Å². The van der Waals surface area contributed by atoms with Crippen molar-refractivity contribution in [1.82, 2.24) is 9.80 Å². The summed E-state index contributed by atoms with van der Waals surface area (Å²) in [5, 5.41) is 4.27. The second-order valence-electron chi connectivity index (χ2n) is 7.37. The van der Waals surface area contributed by atoms with E-state index >= 15 is 0 Å². The maximum absolute atomic E-state index is 12.7. The monoisotopic (exact) mass is 491 g/mol. The van der Waals surface area contributed by atoms with E-state index in [2.05, 4.69) is 15.1 Å². The summed E-state index contributed by atoms with van der Waals surface area (Å²) in [5.41, 5.74) is 2.80. The Morgan fingerprint density at radius 3 is 2.37 bits per heavy atom. The van der Waals surface area contributed by atoms with E-state index in [0.717, 1.165) is 42.3 Å². The highest BCUT2D eigenvalue weighted by Gasteiger charge is 2.17. The molecule has 3 rings (SSSR count). The second-order valence-corrected chi connectivity index (χ2v) is 8.21. The molecular formula is C22H29Cl4N3O. The van der Waals surface area contributed by atoms with E-state index in [0.29, 0.717) is 23.8 Å². The minimum Gasteiger partial charge on any atom is -0.323 e. The van der Waals surface area contributed by atoms with Gasteiger partial charge in [0.15, 0.2) is 0 Å². The number of benzene rings is 2. The Morgan fingerprint density at radius 1 is 1.07 bits per heavy atom. The zero-order chi connectivity index (χ0) is 19.9. The van der Waals surface area contributed by atoms with Crippen LogP contribution in [0.2, 0.25) is 10.0 Å². The summed E-state index contributed by atoms with van der Waals surface area (Å²) in [4.78, 5) is 17.4. The van der Waals surface area contributed by atoms with E-state index < -0.39 is 0 Å². The molecule has 1 heterocycles. The number of carbonyl (C=O) groups is 1. The molecule has 0 radical (unpaired) electrons. The third kappa shape index (κ3) is 8.26. The first kappa shape index (κ1) is 27.0. The lowest BCUT2D eigenvalue weighted by Crippen LogP contribution is -2.38. The Kier molecular flexibility index (Phi) is 12.1. The number of carbonyl (C=O) groups excluding carboxylic acids is 1. The summed E-state index contributed by atoms with van der Waals surface area (Å²) < 4.78 is 0. The highest BCUT2D eigenvalue weighted by atomic mass is 35.5. The van der Waals surface area contributed by atoms with Gasteiger partial charge in [0.2, 0.25) is 5.91 Å². The molecule has 0 saturated carbocycles. The normalized spacial score (nSPS) is 13.6. The predicted octanol–water partition coefficient (Wildman–Crippen LogP) is 5.68. The van der Waals surface area contributed by atoms with Crippen LogP contribution in [0.1, 0.15) is 24.0 Å². The molecule has 0 atom stereocenters. The summed E-state index contributed by atoms with van der Waals surface area (Å²) in [7, 11) is 0. The van der Waals surface area contributed by atoms with Crippen LogP contribution in [0.4, 0.5) is 5.69 Å². The van der Waals surface area contributed by atoms with E-state index in [1.807, 2.05) is 43.3 Å². The van der Waals surface area contributed by atoms with Crippen LogP contribution < -0.4 is 5.32 Å². The Hall–Kier alpha value is -1.01. The molecule has 2 aromatic rings. The van der Waals surface area contributed by atoms with Crippen molar-refractivity contribution < 1.29 is 4.79 Å². The fourth-order valence-electron chi connectivity index (χ4n) is 3.52. The van der Waals surface area contributed by atoms with Crippen LogP contribution in [0.3, 0.4) is 0 Å². The number of hydrogen-bond donors (Lipinski definition) is 1. The molecule has 1 amide bonds. The lowest BCUT2D eigenvalue weighted by Gasteiger charge is -2.25. The van der Waals surface area contributed by atoms with Crippen molar-refractivity contribution >= 4 is 59.6 Å². The molecule has 1 N–H and O–H groups in total. The van der Waals surface area contributed by atoms with Crippen LogP contribution in [0.25, 0.3) is 0 Å². The van der Waals surface area contributed by atoms with Gasteiger partial charge in [0, 0.05) is 24.7 Å². The van der Waals surface area contributed by atoms with E-state index in [4.69, 9.17) is 23.2 Å². The van der Waals surface area contributed by atoms with E-state index in [9.17, 15) is 4.79 Å². The van der Waals surface area contributed by atoms with Crippen LogP contribution in [-0.4, -0.2) is 48.4 Å². The van der Waals surface area contributed by atoms with Crippen molar-refractivity contribution in [1.29, 1.82) is 0 Å². The maximum atomic E-state index is 12.7. The Bertz CT molecular complexity index is 775. The Morgan fingerprint density at radius 2 is 1.73 bits per heavy atom. The molecule has 1 aliphatic rings. The van der Waals surface area contributed by atoms with Crippen molar-refractivity contribution in [3.63, 3.8) is 0 Å². The standard InChI is InChI=1S/C22H27Cl2N3O.2ClH/c1-17-5-4-6-20(24)22(17)25-21(28)16-27(14-13-26-11-2-3-12-26)15-18-7-9-19(23)10-8-18;;/h4-10H,2-3,11-16H2,1H3,(H,25,28);2*1H. The highest BCUT2D eigenvalue weighted by Crippen LogP contribution is 2.25.